The van der Waals surface area contributed by atoms with Crippen LogP contribution in [0.1, 0.15) is 46.6 Å². The molecular formula is C23H17Cl3N2O3. The predicted molar refractivity (Wildman–Crippen MR) is 122 cm³/mol. The number of carbonyl (C=O) groups is 1. The van der Waals surface area contributed by atoms with Gasteiger partial charge in [-0.1, -0.05) is 40.9 Å². The zero-order chi connectivity index (χ0) is 22.0. The van der Waals surface area contributed by atoms with Gasteiger partial charge < -0.3 is 9.84 Å². The molecule has 0 amide bonds. The summed E-state index contributed by atoms with van der Waals surface area (Å²) < 4.78 is 6.11. The highest BCUT2D eigenvalue weighted by Gasteiger charge is 2.23. The number of benzene rings is 2. The maximum Gasteiger partial charge on any atom is 0.356 e. The summed E-state index contributed by atoms with van der Waals surface area (Å²) in [6.07, 6.45) is 5.31. The lowest BCUT2D eigenvalue weighted by atomic mass is 9.99. The molecule has 0 aliphatic heterocycles. The topological polar surface area (TPSA) is 72.3 Å². The molecule has 3 aromatic rings. The first-order valence-corrected chi connectivity index (χ1v) is 10.7. The van der Waals surface area contributed by atoms with Crippen LogP contribution < -0.4 is 4.74 Å². The van der Waals surface area contributed by atoms with E-state index in [1.54, 1.807) is 24.4 Å². The minimum atomic E-state index is -1.11. The van der Waals surface area contributed by atoms with Crippen molar-refractivity contribution in [2.24, 2.45) is 0 Å². The van der Waals surface area contributed by atoms with Gasteiger partial charge in [0.2, 0.25) is 0 Å². The Labute approximate surface area is 194 Å². The quantitative estimate of drug-likeness (QED) is 0.424. The Morgan fingerprint density at radius 3 is 2.52 bits per heavy atom. The average Bonchev–Trinajstić information content (AvgIpc) is 3.23. The Balaban J connectivity index is 1.71. The number of hydrogen-bond donors (Lipinski definition) is 1. The summed E-state index contributed by atoms with van der Waals surface area (Å²) in [6, 6.07) is 10.7. The third-order valence-corrected chi connectivity index (χ3v) is 5.87. The highest BCUT2D eigenvalue weighted by atomic mass is 35.5. The third-order valence-electron chi connectivity index (χ3n) is 5.05. The lowest BCUT2D eigenvalue weighted by Crippen LogP contribution is -2.04. The summed E-state index contributed by atoms with van der Waals surface area (Å²) in [5, 5.41) is 10.9. The molecule has 4 rings (SSSR count). The lowest BCUT2D eigenvalue weighted by Gasteiger charge is -2.15. The van der Waals surface area contributed by atoms with Crippen molar-refractivity contribution in [3.63, 3.8) is 0 Å². The number of hydrogen-bond acceptors (Lipinski definition) is 4. The Bertz CT molecular complexity index is 1190. The Morgan fingerprint density at radius 2 is 1.74 bits per heavy atom. The first kappa shape index (κ1) is 21.6. The van der Waals surface area contributed by atoms with Gasteiger partial charge in [-0.25, -0.2) is 9.78 Å². The molecule has 0 radical (unpaired) electrons. The van der Waals surface area contributed by atoms with Crippen LogP contribution in [0.3, 0.4) is 0 Å². The molecule has 0 saturated carbocycles. The van der Waals surface area contributed by atoms with Crippen molar-refractivity contribution in [1.82, 2.24) is 9.97 Å². The largest absolute Gasteiger partial charge is 0.488 e. The number of halogens is 3. The van der Waals surface area contributed by atoms with Crippen LogP contribution in [-0.2, 0) is 6.61 Å². The molecule has 1 aliphatic rings. The van der Waals surface area contributed by atoms with E-state index in [1.165, 1.54) is 6.20 Å². The minimum absolute atomic E-state index is 0.0869. The van der Waals surface area contributed by atoms with Crippen molar-refractivity contribution in [1.29, 1.82) is 0 Å². The van der Waals surface area contributed by atoms with Gasteiger partial charge in [0, 0.05) is 26.2 Å². The molecule has 0 fully saturated rings. The molecule has 0 unspecified atom stereocenters. The summed E-state index contributed by atoms with van der Waals surface area (Å²) >= 11 is 18.5. The van der Waals surface area contributed by atoms with Crippen LogP contribution in [0.15, 0.2) is 48.8 Å². The second kappa shape index (κ2) is 9.27. The van der Waals surface area contributed by atoms with Gasteiger partial charge in [-0.2, -0.15) is 0 Å². The highest BCUT2D eigenvalue weighted by molar-refractivity contribution is 6.35. The zero-order valence-electron chi connectivity index (χ0n) is 16.2. The van der Waals surface area contributed by atoms with E-state index in [0.29, 0.717) is 26.5 Å². The second-order valence-electron chi connectivity index (χ2n) is 7.07. The number of allylic oxidation sites excluding steroid dienone is 2. The molecule has 1 aromatic heterocycles. The Hall–Kier alpha value is -2.60. The molecular weight excluding hydrogens is 459 g/mol. The van der Waals surface area contributed by atoms with E-state index in [-0.39, 0.29) is 12.3 Å². The predicted octanol–water partition coefficient (Wildman–Crippen LogP) is 6.81. The fourth-order valence-corrected chi connectivity index (χ4v) is 4.23. The van der Waals surface area contributed by atoms with Crippen LogP contribution in [0.5, 0.6) is 5.75 Å². The number of ether oxygens (including phenoxy) is 1. The van der Waals surface area contributed by atoms with Crippen molar-refractivity contribution in [2.75, 3.05) is 0 Å². The van der Waals surface area contributed by atoms with Gasteiger partial charge in [0.15, 0.2) is 5.69 Å². The van der Waals surface area contributed by atoms with E-state index in [4.69, 9.17) is 39.5 Å². The standard InChI is InChI=1S/C23H17Cl3N2O3/c24-14-6-7-22(31-12-13-4-5-15(25)9-19(13)26)18(8-14)16-2-1-3-17(16)20-10-27-11-21(28-20)23(29)30/h4-11H,1-3,12H2,(H,29,30). The normalized spacial score (nSPS) is 13.5. The zero-order valence-corrected chi connectivity index (χ0v) is 18.5. The first-order chi connectivity index (χ1) is 14.9. The summed E-state index contributed by atoms with van der Waals surface area (Å²) in [7, 11) is 0. The van der Waals surface area contributed by atoms with Gasteiger partial charge in [0.05, 0.1) is 18.1 Å². The molecule has 2 aromatic carbocycles. The maximum atomic E-state index is 11.3. The number of rotatable bonds is 6. The molecule has 8 heteroatoms. The maximum absolute atomic E-state index is 11.3. The van der Waals surface area contributed by atoms with Crippen molar-refractivity contribution in [3.05, 3.63) is 86.4 Å². The monoisotopic (exact) mass is 474 g/mol. The molecule has 0 spiro atoms. The number of nitrogens with zero attached hydrogens (tertiary/aromatic N) is 2. The van der Waals surface area contributed by atoms with Crippen molar-refractivity contribution < 1.29 is 14.6 Å². The van der Waals surface area contributed by atoms with E-state index in [9.17, 15) is 9.90 Å². The van der Waals surface area contributed by atoms with Gasteiger partial charge >= 0.3 is 5.97 Å². The highest BCUT2D eigenvalue weighted by Crippen LogP contribution is 2.43. The molecule has 158 valence electrons. The van der Waals surface area contributed by atoms with Crippen molar-refractivity contribution in [2.45, 2.75) is 25.9 Å². The van der Waals surface area contributed by atoms with E-state index in [2.05, 4.69) is 9.97 Å². The third kappa shape index (κ3) is 4.85. The van der Waals surface area contributed by atoms with Crippen LogP contribution in [0, 0.1) is 0 Å². The van der Waals surface area contributed by atoms with Crippen molar-refractivity contribution >= 4 is 51.9 Å². The first-order valence-electron chi connectivity index (χ1n) is 9.57. The van der Waals surface area contributed by atoms with Crippen LogP contribution in [0.2, 0.25) is 15.1 Å². The smallest absolute Gasteiger partial charge is 0.356 e. The fourth-order valence-electron chi connectivity index (χ4n) is 3.60. The minimum Gasteiger partial charge on any atom is -0.488 e. The number of aromatic nitrogens is 2. The molecule has 0 atom stereocenters. The molecule has 1 N–H and O–H groups in total. The van der Waals surface area contributed by atoms with Crippen LogP contribution >= 0.6 is 34.8 Å². The van der Waals surface area contributed by atoms with Gasteiger partial charge in [0.1, 0.15) is 12.4 Å². The molecule has 5 nitrogen and oxygen atoms in total. The number of aromatic carboxylic acids is 1. The lowest BCUT2D eigenvalue weighted by molar-refractivity contribution is 0.0690. The van der Waals surface area contributed by atoms with E-state index in [1.807, 2.05) is 18.2 Å². The van der Waals surface area contributed by atoms with Crippen LogP contribution in [0.25, 0.3) is 11.1 Å². The van der Waals surface area contributed by atoms with Crippen LogP contribution in [0.4, 0.5) is 0 Å². The second-order valence-corrected chi connectivity index (χ2v) is 8.35. The molecule has 31 heavy (non-hydrogen) atoms. The SMILES string of the molecule is O=C(O)c1cncc(C2=C(c3cc(Cl)ccc3OCc3ccc(Cl)cc3Cl)CCC2)n1. The summed E-state index contributed by atoms with van der Waals surface area (Å²) in [4.78, 5) is 19.6. The summed E-state index contributed by atoms with van der Waals surface area (Å²) in [5.41, 5.74) is 4.11. The number of carboxylic acids is 1. The van der Waals surface area contributed by atoms with E-state index >= 15 is 0 Å². The van der Waals surface area contributed by atoms with Crippen molar-refractivity contribution in [3.8, 4) is 5.75 Å². The van der Waals surface area contributed by atoms with Gasteiger partial charge in [-0.15, -0.1) is 0 Å². The number of carboxylic acid groups (broad SMARTS) is 1. The van der Waals surface area contributed by atoms with E-state index in [0.717, 1.165) is 41.5 Å². The molecule has 0 saturated heterocycles. The molecule has 1 aliphatic carbocycles. The molecule has 1 heterocycles. The Kier molecular flexibility index (Phi) is 6.46. The summed E-state index contributed by atoms with van der Waals surface area (Å²) in [6.45, 7) is 0.265. The van der Waals surface area contributed by atoms with Gasteiger partial charge in [-0.05, 0) is 60.7 Å². The van der Waals surface area contributed by atoms with Crippen LogP contribution in [-0.4, -0.2) is 21.0 Å². The van der Waals surface area contributed by atoms with Gasteiger partial charge in [0.25, 0.3) is 0 Å². The summed E-state index contributed by atoms with van der Waals surface area (Å²) in [5.74, 6) is -0.451. The fraction of sp³-hybridized carbons (Fsp3) is 0.174. The Morgan fingerprint density at radius 1 is 1.00 bits per heavy atom. The average molecular weight is 476 g/mol. The van der Waals surface area contributed by atoms with Gasteiger partial charge in [-0.3, -0.25) is 4.98 Å². The molecule has 0 bridgehead atoms. The van der Waals surface area contributed by atoms with E-state index < -0.39 is 5.97 Å².